The van der Waals surface area contributed by atoms with Crippen molar-refractivity contribution in [3.63, 3.8) is 0 Å². The number of phenols is 1. The van der Waals surface area contributed by atoms with E-state index in [0.717, 1.165) is 16.7 Å². The lowest BCUT2D eigenvalue weighted by molar-refractivity contribution is 0.0973. The van der Waals surface area contributed by atoms with Crippen LogP contribution in [0.1, 0.15) is 33.0 Å². The number of nitrogens with two attached hydrogens (primary N) is 1. The molecule has 26 heavy (non-hydrogen) atoms. The molecule has 0 spiro atoms. The molecule has 136 valence electrons. The Balaban J connectivity index is 2.08. The first kappa shape index (κ1) is 18.5. The highest BCUT2D eigenvalue weighted by Crippen LogP contribution is 2.39. The molecule has 0 saturated heterocycles. The highest BCUT2D eigenvalue weighted by molar-refractivity contribution is 6.35. The van der Waals surface area contributed by atoms with Gasteiger partial charge in [-0.2, -0.15) is 0 Å². The van der Waals surface area contributed by atoms with E-state index in [0.29, 0.717) is 23.1 Å². The van der Waals surface area contributed by atoms with Gasteiger partial charge in [0.15, 0.2) is 5.96 Å². The van der Waals surface area contributed by atoms with Crippen LogP contribution in [0.5, 0.6) is 5.75 Å². The van der Waals surface area contributed by atoms with E-state index in [1.807, 2.05) is 13.1 Å². The van der Waals surface area contributed by atoms with E-state index >= 15 is 0 Å². The standard InChI is InChI=1S/C18H18Cl2N4O2/c1-24-7-13(11-5-10(19)6-15(20)14(11)8-24)9-2-3-16(25)12(4-9)17(26)23-18(21)22/h2-6,13,25H,7-8H2,1H3,(H4,21,22,23,26). The summed E-state index contributed by atoms with van der Waals surface area (Å²) in [6.07, 6.45) is 0. The molecule has 0 bridgehead atoms. The lowest BCUT2D eigenvalue weighted by atomic mass is 9.84. The van der Waals surface area contributed by atoms with Crippen LogP contribution in [0.4, 0.5) is 0 Å². The fourth-order valence-electron chi connectivity index (χ4n) is 3.27. The van der Waals surface area contributed by atoms with Crippen molar-refractivity contribution in [2.24, 2.45) is 5.73 Å². The molecule has 1 aliphatic heterocycles. The number of carbonyl (C=O) groups is 1. The smallest absolute Gasteiger partial charge is 0.261 e. The molecule has 2 aromatic rings. The van der Waals surface area contributed by atoms with Crippen LogP contribution < -0.4 is 11.1 Å². The molecule has 0 saturated carbocycles. The molecule has 1 amide bonds. The number of aromatic hydroxyl groups is 1. The van der Waals surface area contributed by atoms with Crippen LogP contribution in [0.25, 0.3) is 0 Å². The highest BCUT2D eigenvalue weighted by Gasteiger charge is 2.28. The second-order valence-corrected chi connectivity index (χ2v) is 7.19. The second-order valence-electron chi connectivity index (χ2n) is 6.35. The summed E-state index contributed by atoms with van der Waals surface area (Å²) >= 11 is 12.6. The SMILES string of the molecule is CN1Cc2c(Cl)cc(Cl)cc2C(c2ccc(O)c(C(=O)NC(=N)N)c2)C1. The van der Waals surface area contributed by atoms with Crippen LogP contribution in [-0.2, 0) is 6.54 Å². The Bertz CT molecular complexity index is 901. The van der Waals surface area contributed by atoms with Crippen LogP contribution in [0.2, 0.25) is 10.0 Å². The van der Waals surface area contributed by atoms with Gasteiger partial charge in [-0.15, -0.1) is 0 Å². The maximum Gasteiger partial charge on any atom is 0.261 e. The average molecular weight is 393 g/mol. The molecule has 1 atom stereocenters. The number of nitrogens with one attached hydrogen (secondary N) is 2. The van der Waals surface area contributed by atoms with Gasteiger partial charge in [0.25, 0.3) is 5.91 Å². The van der Waals surface area contributed by atoms with E-state index in [-0.39, 0.29) is 17.2 Å². The van der Waals surface area contributed by atoms with Gasteiger partial charge < -0.3 is 15.7 Å². The summed E-state index contributed by atoms with van der Waals surface area (Å²) in [5.74, 6) is -1.36. The van der Waals surface area contributed by atoms with Crippen molar-refractivity contribution in [1.82, 2.24) is 10.2 Å². The molecule has 0 radical (unpaired) electrons. The number of phenolic OH excluding ortho intramolecular Hbond substituents is 1. The molecule has 0 aromatic heterocycles. The van der Waals surface area contributed by atoms with Gasteiger partial charge in [0, 0.05) is 29.1 Å². The summed E-state index contributed by atoms with van der Waals surface area (Å²) in [7, 11) is 1.99. The average Bonchev–Trinajstić information content (AvgIpc) is 2.55. The quantitative estimate of drug-likeness (QED) is 0.465. The molecule has 1 heterocycles. The predicted octanol–water partition coefficient (Wildman–Crippen LogP) is 2.90. The summed E-state index contributed by atoms with van der Waals surface area (Å²) in [4.78, 5) is 14.3. The van der Waals surface area contributed by atoms with Crippen LogP contribution in [0, 0.1) is 5.41 Å². The molecular formula is C18H18Cl2N4O2. The number of guanidine groups is 1. The minimum absolute atomic E-state index is 0.0561. The Hall–Kier alpha value is -2.28. The fraction of sp³-hybridized carbons (Fsp3) is 0.222. The van der Waals surface area contributed by atoms with Crippen molar-refractivity contribution < 1.29 is 9.90 Å². The van der Waals surface area contributed by atoms with Crippen molar-refractivity contribution >= 4 is 35.1 Å². The molecule has 1 unspecified atom stereocenters. The van der Waals surface area contributed by atoms with Gasteiger partial charge in [-0.1, -0.05) is 29.3 Å². The van der Waals surface area contributed by atoms with Gasteiger partial charge >= 0.3 is 0 Å². The number of hydrogen-bond donors (Lipinski definition) is 4. The summed E-state index contributed by atoms with van der Waals surface area (Å²) in [5, 5.41) is 20.6. The van der Waals surface area contributed by atoms with E-state index < -0.39 is 11.9 Å². The van der Waals surface area contributed by atoms with Gasteiger partial charge in [-0.3, -0.25) is 15.5 Å². The van der Waals surface area contributed by atoms with E-state index in [2.05, 4.69) is 10.2 Å². The number of fused-ring (bicyclic) bond motifs is 1. The molecule has 0 fully saturated rings. The number of hydrogen-bond acceptors (Lipinski definition) is 4. The Labute approximate surface area is 161 Å². The summed E-state index contributed by atoms with van der Waals surface area (Å²) in [6, 6.07) is 8.45. The number of amides is 1. The minimum Gasteiger partial charge on any atom is -0.507 e. The second kappa shape index (κ2) is 7.15. The van der Waals surface area contributed by atoms with Crippen molar-refractivity contribution in [3.05, 3.63) is 62.6 Å². The first-order chi connectivity index (χ1) is 12.3. The maximum absolute atomic E-state index is 12.2. The monoisotopic (exact) mass is 392 g/mol. The first-order valence-corrected chi connectivity index (χ1v) is 8.66. The molecule has 5 N–H and O–H groups in total. The molecule has 8 heteroatoms. The van der Waals surface area contributed by atoms with Gasteiger partial charge in [-0.25, -0.2) is 0 Å². The van der Waals surface area contributed by atoms with Crippen molar-refractivity contribution in [1.29, 1.82) is 5.41 Å². The van der Waals surface area contributed by atoms with Crippen LogP contribution in [0.3, 0.4) is 0 Å². The van der Waals surface area contributed by atoms with Crippen LogP contribution in [0.15, 0.2) is 30.3 Å². The summed E-state index contributed by atoms with van der Waals surface area (Å²) in [6.45, 7) is 1.42. The Morgan fingerprint density at radius 3 is 2.77 bits per heavy atom. The number of benzene rings is 2. The number of rotatable bonds is 2. The molecule has 3 rings (SSSR count). The van der Waals surface area contributed by atoms with Gasteiger partial charge in [-0.05, 0) is 48.0 Å². The largest absolute Gasteiger partial charge is 0.507 e. The summed E-state index contributed by atoms with van der Waals surface area (Å²) < 4.78 is 0. The third-order valence-corrected chi connectivity index (χ3v) is 4.96. The van der Waals surface area contributed by atoms with Crippen molar-refractivity contribution in [2.45, 2.75) is 12.5 Å². The zero-order chi connectivity index (χ0) is 19.0. The Morgan fingerprint density at radius 2 is 2.08 bits per heavy atom. The molecule has 6 nitrogen and oxygen atoms in total. The molecule has 1 aliphatic rings. The number of halogens is 2. The Kier molecular flexibility index (Phi) is 5.09. The summed E-state index contributed by atoms with van der Waals surface area (Å²) in [5.41, 5.74) is 8.10. The third-order valence-electron chi connectivity index (χ3n) is 4.41. The van der Waals surface area contributed by atoms with Crippen molar-refractivity contribution in [2.75, 3.05) is 13.6 Å². The number of carbonyl (C=O) groups excluding carboxylic acids is 1. The zero-order valence-electron chi connectivity index (χ0n) is 14.0. The normalized spacial score (nSPS) is 16.8. The van der Waals surface area contributed by atoms with E-state index in [4.69, 9.17) is 34.3 Å². The highest BCUT2D eigenvalue weighted by atomic mass is 35.5. The van der Waals surface area contributed by atoms with Crippen molar-refractivity contribution in [3.8, 4) is 5.75 Å². The topological polar surface area (TPSA) is 102 Å². The lowest BCUT2D eigenvalue weighted by Crippen LogP contribution is -2.36. The zero-order valence-corrected chi connectivity index (χ0v) is 15.5. The van der Waals surface area contributed by atoms with Crippen LogP contribution >= 0.6 is 23.2 Å². The van der Waals surface area contributed by atoms with Crippen LogP contribution in [-0.4, -0.2) is 35.5 Å². The van der Waals surface area contributed by atoms with E-state index in [9.17, 15) is 9.90 Å². The molecule has 2 aromatic carbocycles. The molecular weight excluding hydrogens is 375 g/mol. The van der Waals surface area contributed by atoms with E-state index in [1.165, 1.54) is 6.07 Å². The number of likely N-dealkylation sites (N-methyl/N-ethyl adjacent to an activating group) is 1. The fourth-order valence-corrected chi connectivity index (χ4v) is 3.84. The minimum atomic E-state index is -0.634. The van der Waals surface area contributed by atoms with Gasteiger partial charge in [0.1, 0.15) is 5.75 Å². The lowest BCUT2D eigenvalue weighted by Gasteiger charge is -2.33. The molecule has 0 aliphatic carbocycles. The predicted molar refractivity (Wildman–Crippen MR) is 102 cm³/mol. The van der Waals surface area contributed by atoms with Gasteiger partial charge in [0.2, 0.25) is 0 Å². The van der Waals surface area contributed by atoms with E-state index in [1.54, 1.807) is 18.2 Å². The maximum atomic E-state index is 12.2. The Morgan fingerprint density at radius 1 is 1.35 bits per heavy atom. The number of nitrogens with zero attached hydrogens (tertiary/aromatic N) is 1. The first-order valence-electron chi connectivity index (χ1n) is 7.91. The third kappa shape index (κ3) is 3.62. The van der Waals surface area contributed by atoms with Gasteiger partial charge in [0.05, 0.1) is 5.56 Å².